The van der Waals surface area contributed by atoms with Crippen LogP contribution in [0.3, 0.4) is 0 Å². The highest BCUT2D eigenvalue weighted by Crippen LogP contribution is 2.15. The summed E-state index contributed by atoms with van der Waals surface area (Å²) in [5, 5.41) is 3.13. The Kier molecular flexibility index (Phi) is 4.19. The minimum atomic E-state index is -0.0772. The first kappa shape index (κ1) is 15.8. The molecule has 25 heavy (non-hydrogen) atoms. The van der Waals surface area contributed by atoms with Gasteiger partial charge in [-0.1, -0.05) is 30.3 Å². The molecule has 2 aromatic heterocycles. The number of amides is 1. The number of likely N-dealkylation sites (tertiary alicyclic amines) is 1. The lowest BCUT2D eigenvalue weighted by atomic mass is 10.2. The van der Waals surface area contributed by atoms with Crippen LogP contribution in [0.2, 0.25) is 0 Å². The molecule has 1 fully saturated rings. The minimum absolute atomic E-state index is 0.0772. The monoisotopic (exact) mass is 335 g/mol. The van der Waals surface area contributed by atoms with E-state index in [1.54, 1.807) is 18.6 Å². The zero-order chi connectivity index (χ0) is 17.2. The van der Waals surface area contributed by atoms with Crippen LogP contribution in [0.4, 0.5) is 0 Å². The van der Waals surface area contributed by atoms with Gasteiger partial charge in [-0.05, 0) is 18.1 Å². The zero-order valence-corrected chi connectivity index (χ0v) is 14.2. The number of carbonyl (C=O) groups excluding carboxylic acids is 1. The van der Waals surface area contributed by atoms with Crippen molar-refractivity contribution < 1.29 is 4.79 Å². The molecule has 4 rings (SSSR count). The maximum Gasteiger partial charge on any atom is 0.253 e. The van der Waals surface area contributed by atoms with Crippen LogP contribution in [0.5, 0.6) is 0 Å². The molecule has 1 amide bonds. The number of hydrogen-bond acceptors (Lipinski definition) is 4. The minimum Gasteiger partial charge on any atom is -0.348 e. The lowest BCUT2D eigenvalue weighted by Crippen LogP contribution is -2.37. The lowest BCUT2D eigenvalue weighted by molar-refractivity contribution is 0.0937. The third-order valence-corrected chi connectivity index (χ3v) is 4.67. The van der Waals surface area contributed by atoms with E-state index in [0.29, 0.717) is 5.56 Å². The second kappa shape index (κ2) is 6.64. The highest BCUT2D eigenvalue weighted by molar-refractivity contribution is 5.96. The predicted molar refractivity (Wildman–Crippen MR) is 96.1 cm³/mol. The number of aromatic nitrogens is 3. The average molecular weight is 335 g/mol. The molecule has 0 radical (unpaired) electrons. The Morgan fingerprint density at radius 1 is 1.28 bits per heavy atom. The summed E-state index contributed by atoms with van der Waals surface area (Å²) < 4.78 is 1.84. The molecular weight excluding hydrogens is 314 g/mol. The van der Waals surface area contributed by atoms with E-state index in [1.807, 2.05) is 17.7 Å². The van der Waals surface area contributed by atoms with Gasteiger partial charge in [0.05, 0.1) is 11.9 Å². The van der Waals surface area contributed by atoms with Gasteiger partial charge in [0.2, 0.25) is 0 Å². The summed E-state index contributed by atoms with van der Waals surface area (Å²) in [5.41, 5.74) is 3.39. The van der Waals surface area contributed by atoms with Crippen molar-refractivity contribution >= 4 is 17.1 Å². The van der Waals surface area contributed by atoms with Crippen LogP contribution >= 0.6 is 0 Å². The number of benzene rings is 1. The highest BCUT2D eigenvalue weighted by Gasteiger charge is 2.24. The summed E-state index contributed by atoms with van der Waals surface area (Å²) in [6.07, 6.45) is 4.30. The van der Waals surface area contributed by atoms with Crippen molar-refractivity contribution in [3.05, 3.63) is 60.0 Å². The van der Waals surface area contributed by atoms with E-state index >= 15 is 0 Å². The summed E-state index contributed by atoms with van der Waals surface area (Å²) in [6.45, 7) is 2.80. The zero-order valence-electron chi connectivity index (χ0n) is 14.2. The number of aryl methyl sites for hydroxylation is 1. The fourth-order valence-corrected chi connectivity index (χ4v) is 3.34. The van der Waals surface area contributed by atoms with Gasteiger partial charge in [0.1, 0.15) is 5.52 Å². The van der Waals surface area contributed by atoms with Gasteiger partial charge >= 0.3 is 0 Å². The molecule has 0 spiro atoms. The van der Waals surface area contributed by atoms with Crippen molar-refractivity contribution in [1.29, 1.82) is 0 Å². The lowest BCUT2D eigenvalue weighted by Gasteiger charge is -2.16. The van der Waals surface area contributed by atoms with Crippen molar-refractivity contribution in [2.75, 3.05) is 13.1 Å². The molecule has 128 valence electrons. The third kappa shape index (κ3) is 3.39. The number of pyridine rings is 1. The quantitative estimate of drug-likeness (QED) is 0.792. The number of nitrogens with one attached hydrogen (secondary N) is 1. The van der Waals surface area contributed by atoms with Crippen molar-refractivity contribution in [2.24, 2.45) is 7.05 Å². The average Bonchev–Trinajstić information content (AvgIpc) is 3.22. The topological polar surface area (TPSA) is 63.1 Å². The normalized spacial score (nSPS) is 17.9. The van der Waals surface area contributed by atoms with Gasteiger partial charge in [0.15, 0.2) is 5.65 Å². The standard InChI is InChI=1S/C19H21N5O/c1-23-13-21-17-9-15(10-20-18(17)23)19(25)22-16-7-8-24(12-16)11-14-5-3-2-4-6-14/h2-6,9-10,13,16H,7-8,11-12H2,1H3,(H,22,25). The van der Waals surface area contributed by atoms with Gasteiger partial charge in [-0.25, -0.2) is 9.97 Å². The van der Waals surface area contributed by atoms with Gasteiger partial charge in [0, 0.05) is 38.9 Å². The second-order valence-electron chi connectivity index (χ2n) is 6.60. The van der Waals surface area contributed by atoms with E-state index in [9.17, 15) is 4.79 Å². The van der Waals surface area contributed by atoms with Crippen LogP contribution in [0.25, 0.3) is 11.2 Å². The van der Waals surface area contributed by atoms with Crippen molar-refractivity contribution in [3.63, 3.8) is 0 Å². The van der Waals surface area contributed by atoms with E-state index in [1.165, 1.54) is 5.56 Å². The molecule has 1 aromatic carbocycles. The summed E-state index contributed by atoms with van der Waals surface area (Å²) in [7, 11) is 1.89. The molecule has 3 aromatic rings. The Balaban J connectivity index is 1.37. The first-order chi connectivity index (χ1) is 12.2. The van der Waals surface area contributed by atoms with Crippen LogP contribution in [-0.2, 0) is 13.6 Å². The first-order valence-corrected chi connectivity index (χ1v) is 8.53. The van der Waals surface area contributed by atoms with E-state index in [2.05, 4.69) is 44.5 Å². The number of fused-ring (bicyclic) bond motifs is 1. The third-order valence-electron chi connectivity index (χ3n) is 4.67. The Hall–Kier alpha value is -2.73. The predicted octanol–water partition coefficient (Wildman–Crippen LogP) is 1.97. The molecule has 0 saturated carbocycles. The van der Waals surface area contributed by atoms with Gasteiger partial charge in [0.25, 0.3) is 5.91 Å². The number of nitrogens with zero attached hydrogens (tertiary/aromatic N) is 4. The maximum absolute atomic E-state index is 12.5. The molecule has 3 heterocycles. The molecule has 1 saturated heterocycles. The van der Waals surface area contributed by atoms with E-state index < -0.39 is 0 Å². The summed E-state index contributed by atoms with van der Waals surface area (Å²) >= 11 is 0. The van der Waals surface area contributed by atoms with Crippen LogP contribution in [0.15, 0.2) is 48.9 Å². The van der Waals surface area contributed by atoms with E-state index in [-0.39, 0.29) is 11.9 Å². The second-order valence-corrected chi connectivity index (χ2v) is 6.60. The van der Waals surface area contributed by atoms with Crippen molar-refractivity contribution in [3.8, 4) is 0 Å². The van der Waals surface area contributed by atoms with Crippen molar-refractivity contribution in [2.45, 2.75) is 19.0 Å². The molecule has 6 heteroatoms. The number of hydrogen-bond donors (Lipinski definition) is 1. The van der Waals surface area contributed by atoms with Crippen LogP contribution < -0.4 is 5.32 Å². The molecular formula is C19H21N5O. The SMILES string of the molecule is Cn1cnc2cc(C(=O)NC3CCN(Cc4ccccc4)C3)cnc21. The highest BCUT2D eigenvalue weighted by atomic mass is 16.1. The summed E-state index contributed by atoms with van der Waals surface area (Å²) in [5.74, 6) is -0.0772. The van der Waals surface area contributed by atoms with Crippen LogP contribution in [-0.4, -0.2) is 44.5 Å². The molecule has 1 atom stereocenters. The number of carbonyl (C=O) groups is 1. The smallest absolute Gasteiger partial charge is 0.253 e. The fourth-order valence-electron chi connectivity index (χ4n) is 3.34. The van der Waals surface area contributed by atoms with E-state index in [4.69, 9.17) is 0 Å². The van der Waals surface area contributed by atoms with Gasteiger partial charge in [-0.2, -0.15) is 0 Å². The Bertz CT molecular complexity index is 889. The van der Waals surface area contributed by atoms with Crippen LogP contribution in [0.1, 0.15) is 22.3 Å². The molecule has 1 N–H and O–H groups in total. The number of imidazole rings is 1. The van der Waals surface area contributed by atoms with Crippen LogP contribution in [0, 0.1) is 0 Å². The molecule has 1 aliphatic heterocycles. The Morgan fingerprint density at radius 2 is 2.12 bits per heavy atom. The number of rotatable bonds is 4. The first-order valence-electron chi connectivity index (χ1n) is 8.53. The molecule has 1 unspecified atom stereocenters. The van der Waals surface area contributed by atoms with E-state index in [0.717, 1.165) is 37.2 Å². The molecule has 0 aliphatic carbocycles. The summed E-state index contributed by atoms with van der Waals surface area (Å²) in [6, 6.07) is 12.4. The molecule has 1 aliphatic rings. The Morgan fingerprint density at radius 3 is 2.96 bits per heavy atom. The summed E-state index contributed by atoms with van der Waals surface area (Å²) in [4.78, 5) is 23.5. The fraction of sp³-hybridized carbons (Fsp3) is 0.316. The largest absolute Gasteiger partial charge is 0.348 e. The maximum atomic E-state index is 12.5. The van der Waals surface area contributed by atoms with Crippen molar-refractivity contribution in [1.82, 2.24) is 24.8 Å². The van der Waals surface area contributed by atoms with Gasteiger partial charge in [-0.15, -0.1) is 0 Å². The molecule has 0 bridgehead atoms. The van der Waals surface area contributed by atoms with Gasteiger partial charge in [-0.3, -0.25) is 9.69 Å². The Labute approximate surface area is 146 Å². The molecule has 6 nitrogen and oxygen atoms in total. The van der Waals surface area contributed by atoms with Gasteiger partial charge < -0.3 is 9.88 Å².